The standard InChI is InChI=1S/C5H12N2.C4H8O2/c1-7-4-2-6-3-5-7;1-4(2)6-3-5/h6H,2-5H2,1H3;3-4H,1-2H3. The zero-order chi connectivity index (χ0) is 10.1. The number of rotatable bonds is 2. The van der Waals surface area contributed by atoms with Gasteiger partial charge in [0, 0.05) is 26.2 Å². The Balaban J connectivity index is 0.000000226. The van der Waals surface area contributed by atoms with E-state index in [1.165, 1.54) is 13.1 Å². The second-order valence-electron chi connectivity index (χ2n) is 3.33. The fourth-order valence-corrected chi connectivity index (χ4v) is 0.888. The maximum atomic E-state index is 9.39. The van der Waals surface area contributed by atoms with Gasteiger partial charge in [0.2, 0.25) is 0 Å². The minimum atomic E-state index is 0.0301. The van der Waals surface area contributed by atoms with Crippen LogP contribution in [0.15, 0.2) is 0 Å². The highest BCUT2D eigenvalue weighted by molar-refractivity contribution is 5.37. The molecule has 1 aliphatic rings. The van der Waals surface area contributed by atoms with Crippen LogP contribution in [0.4, 0.5) is 0 Å². The van der Waals surface area contributed by atoms with Crippen LogP contribution in [0.3, 0.4) is 0 Å². The number of carbonyl (C=O) groups excluding carboxylic acids is 1. The molecule has 1 heterocycles. The van der Waals surface area contributed by atoms with Crippen LogP contribution in [0.2, 0.25) is 0 Å². The first kappa shape index (κ1) is 12.4. The van der Waals surface area contributed by atoms with Crippen molar-refractivity contribution in [3.8, 4) is 0 Å². The third-order valence-electron chi connectivity index (χ3n) is 1.67. The fraction of sp³-hybridized carbons (Fsp3) is 0.889. The molecule has 78 valence electrons. The van der Waals surface area contributed by atoms with Crippen molar-refractivity contribution in [1.82, 2.24) is 10.2 Å². The normalized spacial score (nSPS) is 17.5. The lowest BCUT2D eigenvalue weighted by atomic mass is 10.4. The molecule has 4 nitrogen and oxygen atoms in total. The number of carbonyl (C=O) groups is 1. The molecule has 1 aliphatic heterocycles. The number of nitrogens with zero attached hydrogens (tertiary/aromatic N) is 1. The van der Waals surface area contributed by atoms with Crippen molar-refractivity contribution in [3.63, 3.8) is 0 Å². The summed E-state index contributed by atoms with van der Waals surface area (Å²) in [6.45, 7) is 8.79. The predicted molar refractivity (Wildman–Crippen MR) is 52.7 cm³/mol. The summed E-state index contributed by atoms with van der Waals surface area (Å²) in [6.07, 6.45) is 0.0301. The number of likely N-dealkylation sites (N-methyl/N-ethyl adjacent to an activating group) is 1. The quantitative estimate of drug-likeness (QED) is 0.624. The van der Waals surface area contributed by atoms with Gasteiger partial charge in [-0.2, -0.15) is 0 Å². The minimum absolute atomic E-state index is 0.0301. The van der Waals surface area contributed by atoms with Gasteiger partial charge in [-0.15, -0.1) is 0 Å². The second-order valence-corrected chi connectivity index (χ2v) is 3.33. The van der Waals surface area contributed by atoms with Gasteiger partial charge in [0.1, 0.15) is 0 Å². The van der Waals surface area contributed by atoms with E-state index in [1.807, 2.05) is 0 Å². The highest BCUT2D eigenvalue weighted by Gasteiger charge is 2.01. The summed E-state index contributed by atoms with van der Waals surface area (Å²) in [7, 11) is 2.15. The molecule has 1 saturated heterocycles. The van der Waals surface area contributed by atoms with Crippen LogP contribution >= 0.6 is 0 Å². The lowest BCUT2D eigenvalue weighted by molar-refractivity contribution is -0.131. The molecule has 0 aromatic carbocycles. The Bertz CT molecular complexity index is 123. The first-order chi connectivity index (χ1) is 6.16. The van der Waals surface area contributed by atoms with E-state index < -0.39 is 0 Å². The van der Waals surface area contributed by atoms with E-state index in [0.717, 1.165) is 13.1 Å². The van der Waals surface area contributed by atoms with Crippen molar-refractivity contribution in [1.29, 1.82) is 0 Å². The molecule has 0 bridgehead atoms. The summed E-state index contributed by atoms with van der Waals surface area (Å²) < 4.78 is 4.36. The average molecular weight is 188 g/mol. The Morgan fingerprint density at radius 1 is 1.38 bits per heavy atom. The van der Waals surface area contributed by atoms with Gasteiger partial charge in [0.05, 0.1) is 6.10 Å². The Labute approximate surface area is 80.2 Å². The first-order valence-corrected chi connectivity index (χ1v) is 4.65. The number of piperazine rings is 1. The van der Waals surface area contributed by atoms with Crippen LogP contribution < -0.4 is 5.32 Å². The zero-order valence-corrected chi connectivity index (χ0v) is 8.75. The molecule has 0 aliphatic carbocycles. The summed E-state index contributed by atoms with van der Waals surface area (Å²) >= 11 is 0. The van der Waals surface area contributed by atoms with Crippen LogP contribution in [-0.2, 0) is 9.53 Å². The molecule has 0 amide bonds. The highest BCUT2D eigenvalue weighted by atomic mass is 16.5. The maximum absolute atomic E-state index is 9.39. The Morgan fingerprint density at radius 2 is 1.92 bits per heavy atom. The fourth-order valence-electron chi connectivity index (χ4n) is 0.888. The number of hydrogen-bond acceptors (Lipinski definition) is 4. The summed E-state index contributed by atoms with van der Waals surface area (Å²) in [6, 6.07) is 0. The van der Waals surface area contributed by atoms with Gasteiger partial charge in [0.15, 0.2) is 0 Å². The molecule has 0 aromatic rings. The Kier molecular flexibility index (Phi) is 7.63. The van der Waals surface area contributed by atoms with Crippen molar-refractivity contribution in [2.75, 3.05) is 33.2 Å². The summed E-state index contributed by atoms with van der Waals surface area (Å²) in [5, 5.41) is 3.27. The minimum Gasteiger partial charge on any atom is -0.465 e. The average Bonchev–Trinajstić information content (AvgIpc) is 2.06. The topological polar surface area (TPSA) is 41.6 Å². The summed E-state index contributed by atoms with van der Waals surface area (Å²) in [5.41, 5.74) is 0. The number of hydrogen-bond donors (Lipinski definition) is 1. The number of nitrogens with one attached hydrogen (secondary N) is 1. The van der Waals surface area contributed by atoms with Crippen molar-refractivity contribution in [3.05, 3.63) is 0 Å². The Morgan fingerprint density at radius 3 is 2.08 bits per heavy atom. The van der Waals surface area contributed by atoms with Crippen LogP contribution in [0.5, 0.6) is 0 Å². The molecule has 0 spiro atoms. The van der Waals surface area contributed by atoms with Gasteiger partial charge in [-0.05, 0) is 20.9 Å². The molecular formula is C9H20N2O2. The first-order valence-electron chi connectivity index (χ1n) is 4.65. The molecule has 4 heteroatoms. The van der Waals surface area contributed by atoms with Gasteiger partial charge < -0.3 is 15.0 Å². The molecule has 13 heavy (non-hydrogen) atoms. The molecule has 0 atom stereocenters. The predicted octanol–water partition coefficient (Wildman–Crippen LogP) is 0.0892. The molecule has 0 aromatic heterocycles. The smallest absolute Gasteiger partial charge is 0.293 e. The van der Waals surface area contributed by atoms with Crippen molar-refractivity contribution in [2.24, 2.45) is 0 Å². The van der Waals surface area contributed by atoms with Crippen LogP contribution in [-0.4, -0.2) is 50.7 Å². The van der Waals surface area contributed by atoms with Crippen LogP contribution in [0.1, 0.15) is 13.8 Å². The van der Waals surface area contributed by atoms with Gasteiger partial charge in [-0.25, -0.2) is 0 Å². The van der Waals surface area contributed by atoms with Gasteiger partial charge in [-0.3, -0.25) is 4.79 Å². The van der Waals surface area contributed by atoms with Gasteiger partial charge >= 0.3 is 0 Å². The molecule has 0 unspecified atom stereocenters. The van der Waals surface area contributed by atoms with E-state index >= 15 is 0 Å². The van der Waals surface area contributed by atoms with E-state index in [9.17, 15) is 4.79 Å². The van der Waals surface area contributed by atoms with E-state index in [2.05, 4.69) is 22.0 Å². The van der Waals surface area contributed by atoms with E-state index in [1.54, 1.807) is 13.8 Å². The molecular weight excluding hydrogens is 168 g/mol. The molecule has 1 rings (SSSR count). The zero-order valence-electron chi connectivity index (χ0n) is 8.75. The lowest BCUT2D eigenvalue weighted by Crippen LogP contribution is -2.40. The summed E-state index contributed by atoms with van der Waals surface area (Å²) in [5.74, 6) is 0. The van der Waals surface area contributed by atoms with Crippen LogP contribution in [0.25, 0.3) is 0 Å². The van der Waals surface area contributed by atoms with E-state index in [4.69, 9.17) is 0 Å². The van der Waals surface area contributed by atoms with Gasteiger partial charge in [0.25, 0.3) is 6.47 Å². The van der Waals surface area contributed by atoms with Crippen molar-refractivity contribution < 1.29 is 9.53 Å². The maximum Gasteiger partial charge on any atom is 0.293 e. The van der Waals surface area contributed by atoms with Crippen molar-refractivity contribution in [2.45, 2.75) is 20.0 Å². The SMILES string of the molecule is CC(C)OC=O.CN1CCNCC1. The summed E-state index contributed by atoms with van der Waals surface area (Å²) in [4.78, 5) is 11.7. The molecule has 1 N–H and O–H groups in total. The lowest BCUT2D eigenvalue weighted by Gasteiger charge is -2.21. The van der Waals surface area contributed by atoms with E-state index in [0.29, 0.717) is 6.47 Å². The second kappa shape index (κ2) is 8.01. The van der Waals surface area contributed by atoms with E-state index in [-0.39, 0.29) is 6.10 Å². The molecule has 1 fully saturated rings. The van der Waals surface area contributed by atoms with Gasteiger partial charge in [-0.1, -0.05) is 0 Å². The monoisotopic (exact) mass is 188 g/mol. The highest BCUT2D eigenvalue weighted by Crippen LogP contribution is 1.83. The van der Waals surface area contributed by atoms with Crippen molar-refractivity contribution >= 4 is 6.47 Å². The third-order valence-corrected chi connectivity index (χ3v) is 1.67. The van der Waals surface area contributed by atoms with Crippen LogP contribution in [0, 0.1) is 0 Å². The molecule has 0 radical (unpaired) electrons. The Hall–Kier alpha value is -0.610. The number of ether oxygens (including phenoxy) is 1. The third kappa shape index (κ3) is 9.30. The molecule has 0 saturated carbocycles. The largest absolute Gasteiger partial charge is 0.465 e.